The number of amidine groups is 1. The Bertz CT molecular complexity index is 180. The molecule has 0 aromatic rings. The third-order valence-electron chi connectivity index (χ3n) is 1.56. The topological polar surface area (TPSA) is 63.1 Å². The molecule has 0 spiro atoms. The van der Waals surface area contributed by atoms with E-state index in [0.29, 0.717) is 13.2 Å². The summed E-state index contributed by atoms with van der Waals surface area (Å²) in [5.74, 6) is 0.773. The van der Waals surface area contributed by atoms with Crippen molar-refractivity contribution in [3.8, 4) is 0 Å². The summed E-state index contributed by atoms with van der Waals surface area (Å²) >= 11 is 0. The molecule has 2 N–H and O–H groups in total. The second-order valence-electron chi connectivity index (χ2n) is 2.95. The number of nitrogens with two attached hydrogens (primary N) is 1. The van der Waals surface area contributed by atoms with Crippen LogP contribution in [0.4, 0.5) is 0 Å². The lowest BCUT2D eigenvalue weighted by Gasteiger charge is -2.18. The fourth-order valence-corrected chi connectivity index (χ4v) is 0.669. The van der Waals surface area contributed by atoms with Crippen LogP contribution in [0.2, 0.25) is 0 Å². The number of nitrogens with zero attached hydrogens (tertiary/aromatic N) is 3. The Morgan fingerprint density at radius 3 is 2.70 bits per heavy atom. The van der Waals surface area contributed by atoms with Gasteiger partial charge in [-0.2, -0.15) is 5.11 Å². The molecule has 0 amide bonds. The molecule has 0 saturated carbocycles. The average molecular weight is 140 g/mol. The quantitative estimate of drug-likeness (QED) is 0.605. The SMILES string of the molecule is CC(C)(CN)C1=NCN=N1. The van der Waals surface area contributed by atoms with Crippen LogP contribution >= 0.6 is 0 Å². The number of hydrogen-bond acceptors (Lipinski definition) is 4. The van der Waals surface area contributed by atoms with E-state index in [1.54, 1.807) is 0 Å². The van der Waals surface area contributed by atoms with Crippen molar-refractivity contribution in [1.82, 2.24) is 0 Å². The molecule has 4 nitrogen and oxygen atoms in total. The molecule has 0 unspecified atom stereocenters. The Kier molecular flexibility index (Phi) is 1.80. The van der Waals surface area contributed by atoms with E-state index in [0.717, 1.165) is 5.84 Å². The van der Waals surface area contributed by atoms with Crippen molar-refractivity contribution in [2.45, 2.75) is 13.8 Å². The number of azo groups is 1. The van der Waals surface area contributed by atoms with Crippen molar-refractivity contribution < 1.29 is 0 Å². The van der Waals surface area contributed by atoms with Gasteiger partial charge in [-0.15, -0.1) is 5.11 Å². The summed E-state index contributed by atoms with van der Waals surface area (Å²) in [5, 5.41) is 7.62. The summed E-state index contributed by atoms with van der Waals surface area (Å²) in [6.07, 6.45) is 0. The van der Waals surface area contributed by atoms with Gasteiger partial charge < -0.3 is 5.73 Å². The van der Waals surface area contributed by atoms with Gasteiger partial charge in [-0.25, -0.2) is 4.99 Å². The van der Waals surface area contributed by atoms with Crippen LogP contribution in [0, 0.1) is 5.41 Å². The van der Waals surface area contributed by atoms with E-state index in [1.807, 2.05) is 13.8 Å². The molecule has 0 saturated heterocycles. The summed E-state index contributed by atoms with van der Waals surface area (Å²) in [4.78, 5) is 4.08. The van der Waals surface area contributed by atoms with E-state index in [9.17, 15) is 0 Å². The zero-order valence-electron chi connectivity index (χ0n) is 6.33. The Morgan fingerprint density at radius 1 is 1.60 bits per heavy atom. The third-order valence-corrected chi connectivity index (χ3v) is 1.56. The minimum Gasteiger partial charge on any atom is -0.329 e. The van der Waals surface area contributed by atoms with Crippen molar-refractivity contribution in [3.05, 3.63) is 0 Å². The van der Waals surface area contributed by atoms with Gasteiger partial charge in [0.25, 0.3) is 0 Å². The first-order valence-corrected chi connectivity index (χ1v) is 3.29. The summed E-state index contributed by atoms with van der Waals surface area (Å²) < 4.78 is 0. The molecule has 1 aliphatic rings. The van der Waals surface area contributed by atoms with E-state index in [4.69, 9.17) is 5.73 Å². The molecule has 1 rings (SSSR count). The van der Waals surface area contributed by atoms with Gasteiger partial charge in [0.15, 0.2) is 12.5 Å². The van der Waals surface area contributed by atoms with Crippen molar-refractivity contribution in [2.24, 2.45) is 26.4 Å². The molecule has 0 radical (unpaired) electrons. The lowest BCUT2D eigenvalue weighted by Crippen LogP contribution is -2.30. The molecule has 0 bridgehead atoms. The number of hydrogen-bond donors (Lipinski definition) is 1. The van der Waals surface area contributed by atoms with Crippen molar-refractivity contribution in [1.29, 1.82) is 0 Å². The number of rotatable bonds is 2. The van der Waals surface area contributed by atoms with Crippen molar-refractivity contribution >= 4 is 5.84 Å². The molecular weight excluding hydrogens is 128 g/mol. The van der Waals surface area contributed by atoms with E-state index >= 15 is 0 Å². The fraction of sp³-hybridized carbons (Fsp3) is 0.833. The maximum atomic E-state index is 5.50. The molecule has 10 heavy (non-hydrogen) atoms. The van der Waals surface area contributed by atoms with Gasteiger partial charge in [-0.05, 0) is 0 Å². The van der Waals surface area contributed by atoms with Gasteiger partial charge >= 0.3 is 0 Å². The van der Waals surface area contributed by atoms with Gasteiger partial charge in [0.1, 0.15) is 0 Å². The Labute approximate surface area is 60.2 Å². The van der Waals surface area contributed by atoms with Crippen LogP contribution in [0.15, 0.2) is 15.2 Å². The smallest absolute Gasteiger partial charge is 0.154 e. The van der Waals surface area contributed by atoms with Crippen LogP contribution in [-0.2, 0) is 0 Å². The van der Waals surface area contributed by atoms with Gasteiger partial charge in [0.05, 0.1) is 0 Å². The zero-order valence-corrected chi connectivity index (χ0v) is 6.33. The maximum absolute atomic E-state index is 5.50. The van der Waals surface area contributed by atoms with Crippen molar-refractivity contribution in [2.75, 3.05) is 13.2 Å². The zero-order chi connectivity index (χ0) is 7.61. The van der Waals surface area contributed by atoms with E-state index < -0.39 is 0 Å². The summed E-state index contributed by atoms with van der Waals surface area (Å²) in [7, 11) is 0. The second kappa shape index (κ2) is 2.46. The molecule has 4 heteroatoms. The molecular formula is C6H12N4. The van der Waals surface area contributed by atoms with Crippen LogP contribution in [0.5, 0.6) is 0 Å². The Morgan fingerprint density at radius 2 is 2.30 bits per heavy atom. The lowest BCUT2D eigenvalue weighted by molar-refractivity contribution is 0.532. The van der Waals surface area contributed by atoms with Crippen LogP contribution in [0.1, 0.15) is 13.8 Å². The molecule has 0 fully saturated rings. The maximum Gasteiger partial charge on any atom is 0.154 e. The van der Waals surface area contributed by atoms with E-state index in [-0.39, 0.29) is 5.41 Å². The predicted molar refractivity (Wildman–Crippen MR) is 40.0 cm³/mol. The van der Waals surface area contributed by atoms with Gasteiger partial charge in [0.2, 0.25) is 0 Å². The van der Waals surface area contributed by atoms with Crippen LogP contribution in [0.3, 0.4) is 0 Å². The molecule has 0 atom stereocenters. The highest BCUT2D eigenvalue weighted by atomic mass is 15.3. The molecule has 0 aromatic carbocycles. The average Bonchev–Trinajstić information content (AvgIpc) is 2.38. The minimum absolute atomic E-state index is 0.111. The Hall–Kier alpha value is -0.770. The summed E-state index contributed by atoms with van der Waals surface area (Å²) in [6, 6.07) is 0. The largest absolute Gasteiger partial charge is 0.329 e. The van der Waals surface area contributed by atoms with Gasteiger partial charge in [0, 0.05) is 12.0 Å². The first-order valence-electron chi connectivity index (χ1n) is 3.29. The Balaban J connectivity index is 2.72. The van der Waals surface area contributed by atoms with Crippen molar-refractivity contribution in [3.63, 3.8) is 0 Å². The highest BCUT2D eigenvalue weighted by molar-refractivity contribution is 5.88. The van der Waals surface area contributed by atoms with Crippen LogP contribution < -0.4 is 5.73 Å². The van der Waals surface area contributed by atoms with Crippen LogP contribution in [0.25, 0.3) is 0 Å². The normalized spacial score (nSPS) is 17.7. The predicted octanol–water partition coefficient (Wildman–Crippen LogP) is 0.793. The van der Waals surface area contributed by atoms with Crippen LogP contribution in [-0.4, -0.2) is 19.0 Å². The van der Waals surface area contributed by atoms with Gasteiger partial charge in [-0.3, -0.25) is 0 Å². The summed E-state index contributed by atoms with van der Waals surface area (Å²) in [5.41, 5.74) is 5.39. The standard InChI is InChI=1S/C6H12N4/c1-6(2,3-7)5-8-4-9-10-5/h3-4,7H2,1-2H3. The molecule has 0 aromatic heterocycles. The fourth-order valence-electron chi connectivity index (χ4n) is 0.669. The van der Waals surface area contributed by atoms with E-state index in [1.165, 1.54) is 0 Å². The molecule has 0 aliphatic carbocycles. The second-order valence-corrected chi connectivity index (χ2v) is 2.95. The van der Waals surface area contributed by atoms with Gasteiger partial charge in [-0.1, -0.05) is 13.8 Å². The minimum atomic E-state index is -0.111. The van der Waals surface area contributed by atoms with E-state index in [2.05, 4.69) is 15.2 Å². The molecule has 1 heterocycles. The highest BCUT2D eigenvalue weighted by Gasteiger charge is 2.24. The first kappa shape index (κ1) is 7.34. The molecule has 1 aliphatic heterocycles. The summed E-state index contributed by atoms with van der Waals surface area (Å²) in [6.45, 7) is 5.05. The molecule has 56 valence electrons. The number of aliphatic imine (C=N–C) groups is 1. The third kappa shape index (κ3) is 1.21. The lowest BCUT2D eigenvalue weighted by atomic mass is 9.92. The highest BCUT2D eigenvalue weighted by Crippen LogP contribution is 2.19. The first-order chi connectivity index (χ1) is 4.67. The monoisotopic (exact) mass is 140 g/mol.